The van der Waals surface area contributed by atoms with E-state index in [4.69, 9.17) is 17.0 Å². The lowest BCUT2D eigenvalue weighted by atomic mass is 10.2. The zero-order chi connectivity index (χ0) is 11.8. The summed E-state index contributed by atoms with van der Waals surface area (Å²) in [5, 5.41) is 4.02. The average molecular weight is 232 g/mol. The molecule has 0 spiro atoms. The number of thiocarbonyl (C=S) groups is 1. The van der Waals surface area contributed by atoms with Crippen LogP contribution >= 0.6 is 12.2 Å². The first kappa shape index (κ1) is 14.6. The van der Waals surface area contributed by atoms with Gasteiger partial charge in [-0.25, -0.2) is 0 Å². The van der Waals surface area contributed by atoms with Gasteiger partial charge in [0.1, 0.15) is 0 Å². The predicted octanol–water partition coefficient (Wildman–Crippen LogP) is 1.87. The molecule has 0 radical (unpaired) electrons. The lowest BCUT2D eigenvalue weighted by molar-refractivity contribution is 0.0724. The van der Waals surface area contributed by atoms with Crippen LogP contribution in [0.3, 0.4) is 0 Å². The zero-order valence-electron chi connectivity index (χ0n) is 10.5. The fraction of sp³-hybridized carbons (Fsp3) is 0.909. The van der Waals surface area contributed by atoms with Crippen molar-refractivity contribution >= 4 is 17.3 Å². The zero-order valence-corrected chi connectivity index (χ0v) is 11.4. The van der Waals surface area contributed by atoms with E-state index in [1.807, 2.05) is 25.8 Å². The van der Waals surface area contributed by atoms with Gasteiger partial charge in [-0.2, -0.15) is 0 Å². The lowest BCUT2D eigenvalue weighted by Gasteiger charge is -2.22. The second-order valence-electron chi connectivity index (χ2n) is 4.42. The molecule has 0 rings (SSSR count). The minimum Gasteiger partial charge on any atom is -0.377 e. The molecule has 0 heterocycles. The summed E-state index contributed by atoms with van der Waals surface area (Å²) in [6.45, 7) is 10.9. The maximum atomic E-state index is 5.46. The topological polar surface area (TPSA) is 24.5 Å². The standard InChI is InChI=1S/C11H24N2OS/c1-9(2)8-12-11(15)13(5)6-7-14-10(3)4/h9-10H,6-8H2,1-5H3,(H,12,15). The summed E-state index contributed by atoms with van der Waals surface area (Å²) in [7, 11) is 1.99. The monoisotopic (exact) mass is 232 g/mol. The van der Waals surface area contributed by atoms with Crippen LogP contribution in [0.1, 0.15) is 27.7 Å². The molecule has 0 aliphatic carbocycles. The maximum Gasteiger partial charge on any atom is 0.168 e. The number of hydrogen-bond donors (Lipinski definition) is 1. The SMILES string of the molecule is CC(C)CNC(=S)N(C)CCOC(C)C. The Bertz CT molecular complexity index is 183. The fourth-order valence-electron chi connectivity index (χ4n) is 0.953. The van der Waals surface area contributed by atoms with Crippen LogP contribution in [0.2, 0.25) is 0 Å². The Morgan fingerprint density at radius 2 is 1.93 bits per heavy atom. The van der Waals surface area contributed by atoms with Crippen LogP contribution < -0.4 is 5.32 Å². The molecule has 0 fully saturated rings. The van der Waals surface area contributed by atoms with Gasteiger partial charge in [0.2, 0.25) is 0 Å². The van der Waals surface area contributed by atoms with Crippen LogP contribution in [-0.4, -0.2) is 42.9 Å². The van der Waals surface area contributed by atoms with Gasteiger partial charge in [0.25, 0.3) is 0 Å². The fourth-order valence-corrected chi connectivity index (χ4v) is 1.13. The molecule has 4 heteroatoms. The molecule has 90 valence electrons. The van der Waals surface area contributed by atoms with Gasteiger partial charge in [-0.1, -0.05) is 13.8 Å². The minimum absolute atomic E-state index is 0.288. The highest BCUT2D eigenvalue weighted by atomic mass is 32.1. The van der Waals surface area contributed by atoms with Gasteiger partial charge in [-0.3, -0.25) is 0 Å². The van der Waals surface area contributed by atoms with Gasteiger partial charge in [0.15, 0.2) is 5.11 Å². The van der Waals surface area contributed by atoms with Crippen molar-refractivity contribution in [1.82, 2.24) is 10.2 Å². The molecular formula is C11H24N2OS. The van der Waals surface area contributed by atoms with E-state index < -0.39 is 0 Å². The van der Waals surface area contributed by atoms with Crippen LogP contribution in [0.5, 0.6) is 0 Å². The largest absolute Gasteiger partial charge is 0.377 e. The first-order valence-electron chi connectivity index (χ1n) is 5.54. The summed E-state index contributed by atoms with van der Waals surface area (Å²) >= 11 is 5.23. The molecule has 0 aromatic rings. The quantitative estimate of drug-likeness (QED) is 0.707. The van der Waals surface area contributed by atoms with E-state index in [-0.39, 0.29) is 6.10 Å². The molecule has 0 aliphatic rings. The summed E-state index contributed by atoms with van der Waals surface area (Å²) in [6.07, 6.45) is 0.288. The molecule has 0 amide bonds. The second kappa shape index (κ2) is 7.88. The number of ether oxygens (including phenoxy) is 1. The second-order valence-corrected chi connectivity index (χ2v) is 4.81. The van der Waals surface area contributed by atoms with Crippen molar-refractivity contribution in [3.8, 4) is 0 Å². The van der Waals surface area contributed by atoms with Crippen molar-refractivity contribution in [3.05, 3.63) is 0 Å². The van der Waals surface area contributed by atoms with Crippen molar-refractivity contribution in [2.45, 2.75) is 33.8 Å². The lowest BCUT2D eigenvalue weighted by Crippen LogP contribution is -2.40. The van der Waals surface area contributed by atoms with Crippen LogP contribution in [0, 0.1) is 5.92 Å². The first-order valence-corrected chi connectivity index (χ1v) is 5.95. The smallest absolute Gasteiger partial charge is 0.168 e. The molecule has 0 aromatic heterocycles. The molecule has 0 aromatic carbocycles. The summed E-state index contributed by atoms with van der Waals surface area (Å²) in [4.78, 5) is 2.01. The van der Waals surface area contributed by atoms with E-state index in [2.05, 4.69) is 19.2 Å². The Kier molecular flexibility index (Phi) is 7.70. The first-order chi connectivity index (χ1) is 6.93. The molecule has 15 heavy (non-hydrogen) atoms. The van der Waals surface area contributed by atoms with Crippen molar-refractivity contribution < 1.29 is 4.74 Å². The molecule has 3 nitrogen and oxygen atoms in total. The molecule has 0 saturated carbocycles. The Labute approximate surface area is 99.2 Å². The number of rotatable bonds is 6. The van der Waals surface area contributed by atoms with E-state index in [9.17, 15) is 0 Å². The van der Waals surface area contributed by atoms with E-state index in [1.165, 1.54) is 0 Å². The summed E-state index contributed by atoms with van der Waals surface area (Å²) in [5.74, 6) is 0.614. The number of nitrogens with one attached hydrogen (secondary N) is 1. The molecule has 0 aliphatic heterocycles. The van der Waals surface area contributed by atoms with Crippen LogP contribution in [0.4, 0.5) is 0 Å². The highest BCUT2D eigenvalue weighted by Crippen LogP contribution is 1.92. The molecule has 0 unspecified atom stereocenters. The van der Waals surface area contributed by atoms with Crippen LogP contribution in [-0.2, 0) is 4.74 Å². The van der Waals surface area contributed by atoms with Crippen molar-refractivity contribution in [1.29, 1.82) is 0 Å². The molecule has 0 atom stereocenters. The molecular weight excluding hydrogens is 208 g/mol. The summed E-state index contributed by atoms with van der Waals surface area (Å²) in [6, 6.07) is 0. The van der Waals surface area contributed by atoms with E-state index in [0.717, 1.165) is 24.8 Å². The average Bonchev–Trinajstić information content (AvgIpc) is 2.13. The van der Waals surface area contributed by atoms with Gasteiger partial charge >= 0.3 is 0 Å². The van der Waals surface area contributed by atoms with E-state index >= 15 is 0 Å². The van der Waals surface area contributed by atoms with Crippen molar-refractivity contribution in [2.75, 3.05) is 26.7 Å². The normalized spacial score (nSPS) is 10.9. The number of nitrogens with zero attached hydrogens (tertiary/aromatic N) is 1. The van der Waals surface area contributed by atoms with Gasteiger partial charge in [-0.05, 0) is 32.0 Å². The molecule has 1 N–H and O–H groups in total. The third-order valence-electron chi connectivity index (χ3n) is 1.89. The minimum atomic E-state index is 0.288. The van der Waals surface area contributed by atoms with Gasteiger partial charge in [-0.15, -0.1) is 0 Å². The highest BCUT2D eigenvalue weighted by Gasteiger charge is 2.04. The van der Waals surface area contributed by atoms with Gasteiger partial charge in [0.05, 0.1) is 12.7 Å². The Morgan fingerprint density at radius 1 is 1.33 bits per heavy atom. The summed E-state index contributed by atoms with van der Waals surface area (Å²) in [5.41, 5.74) is 0. The molecule has 0 saturated heterocycles. The third-order valence-corrected chi connectivity index (χ3v) is 2.34. The van der Waals surface area contributed by atoms with Gasteiger partial charge in [0, 0.05) is 20.1 Å². The Balaban J connectivity index is 3.60. The third kappa shape index (κ3) is 8.63. The maximum absolute atomic E-state index is 5.46. The van der Waals surface area contributed by atoms with Crippen LogP contribution in [0.25, 0.3) is 0 Å². The Hall–Kier alpha value is -0.350. The van der Waals surface area contributed by atoms with E-state index in [1.54, 1.807) is 0 Å². The van der Waals surface area contributed by atoms with Crippen LogP contribution in [0.15, 0.2) is 0 Å². The number of hydrogen-bond acceptors (Lipinski definition) is 2. The van der Waals surface area contributed by atoms with E-state index in [0.29, 0.717) is 5.92 Å². The molecule has 0 bridgehead atoms. The highest BCUT2D eigenvalue weighted by molar-refractivity contribution is 7.80. The van der Waals surface area contributed by atoms with Crippen molar-refractivity contribution in [2.24, 2.45) is 5.92 Å². The summed E-state index contributed by atoms with van der Waals surface area (Å²) < 4.78 is 5.46. The Morgan fingerprint density at radius 3 is 2.40 bits per heavy atom. The van der Waals surface area contributed by atoms with Gasteiger partial charge < -0.3 is 15.0 Å². The van der Waals surface area contributed by atoms with Crippen molar-refractivity contribution in [3.63, 3.8) is 0 Å². The predicted molar refractivity (Wildman–Crippen MR) is 69.2 cm³/mol. The number of likely N-dealkylation sites (N-methyl/N-ethyl adjacent to an activating group) is 1.